The number of aliphatic hydroxyl groups is 1. The molecule has 13 heteroatoms. The van der Waals surface area contributed by atoms with Gasteiger partial charge in [-0.1, -0.05) is 24.3 Å². The second-order valence-corrected chi connectivity index (χ2v) is 10.9. The van der Waals surface area contributed by atoms with E-state index in [0.29, 0.717) is 0 Å². The van der Waals surface area contributed by atoms with Gasteiger partial charge >= 0.3 is 29.6 Å². The van der Waals surface area contributed by atoms with Crippen LogP contribution in [0.1, 0.15) is 33.3 Å². The molecule has 1 aliphatic carbocycles. The van der Waals surface area contributed by atoms with Crippen molar-refractivity contribution < 1.29 is 67.1 Å². The quantitative estimate of drug-likeness (QED) is 0.117. The summed E-state index contributed by atoms with van der Waals surface area (Å²) in [6, 6.07) is 13.1. The van der Waals surface area contributed by atoms with E-state index >= 15 is 0 Å². The first-order valence-corrected chi connectivity index (χ1v) is 12.9. The molecule has 1 aliphatic rings. The van der Waals surface area contributed by atoms with Crippen LogP contribution in [-0.4, -0.2) is 50.4 Å². The maximum Gasteiger partial charge on any atom is 1.00 e. The van der Waals surface area contributed by atoms with E-state index in [2.05, 4.69) is 0 Å². The molecule has 0 saturated carbocycles. The van der Waals surface area contributed by atoms with Crippen molar-refractivity contribution in [1.29, 1.82) is 0 Å². The Kier molecular flexibility index (Phi) is 7.70. The van der Waals surface area contributed by atoms with Gasteiger partial charge in [-0.15, -0.1) is 0 Å². The summed E-state index contributed by atoms with van der Waals surface area (Å²) in [6.07, 6.45) is 0. The zero-order valence-corrected chi connectivity index (χ0v) is 22.0. The Morgan fingerprint density at radius 1 is 0.829 bits per heavy atom. The molecule has 4 N–H and O–H groups in total. The Labute approximate surface area is 224 Å². The van der Waals surface area contributed by atoms with Gasteiger partial charge in [-0.25, -0.2) is 14.3 Å². The van der Waals surface area contributed by atoms with Crippen LogP contribution in [0.15, 0.2) is 70.5 Å². The Balaban J connectivity index is 0.00000228. The van der Waals surface area contributed by atoms with Crippen LogP contribution in [0.2, 0.25) is 0 Å². The average molecular weight is 527 g/mol. The van der Waals surface area contributed by atoms with Gasteiger partial charge in [0.15, 0.2) is 21.4 Å². The van der Waals surface area contributed by atoms with E-state index in [-0.39, 0.29) is 63.8 Å². The van der Waals surface area contributed by atoms with Crippen LogP contribution in [0.4, 0.5) is 11.4 Å². The van der Waals surface area contributed by atoms with Crippen molar-refractivity contribution in [3.8, 4) is 0 Å². The monoisotopic (exact) mass is 526 g/mol. The Hall–Kier alpha value is -2.42. The summed E-state index contributed by atoms with van der Waals surface area (Å²) in [7, 11) is -8.64. The third-order valence-electron chi connectivity index (χ3n) is 5.38. The van der Waals surface area contributed by atoms with Crippen LogP contribution in [0, 0.1) is 0 Å². The van der Waals surface area contributed by atoms with Crippen molar-refractivity contribution in [3.63, 3.8) is 0 Å². The van der Waals surface area contributed by atoms with E-state index in [9.17, 15) is 31.0 Å². The van der Waals surface area contributed by atoms with E-state index in [1.165, 1.54) is 36.4 Å². The SMILES string of the molecule is NN(c1ccc(S(=O)(=O)CCO)cc1)c1c(S(=O)(=O)O)ccc2c1C(=O)c1ccccc1C2=O.[H-].[Na+]. The van der Waals surface area contributed by atoms with Gasteiger partial charge < -0.3 is 6.53 Å². The second kappa shape index (κ2) is 9.91. The standard InChI is InChI=1S/C22H18N2O8S2.Na.H/c23-24(13-5-7-14(8-6-13)33(28,29)12-11-25)20-18(34(30,31)32)10-9-17-19(20)22(27)16-4-2-1-3-15(16)21(17)26;;/h1-10,25H,11-12,23H2,(H,30,31,32);;/q;+1;-1. The maximum absolute atomic E-state index is 13.3. The minimum Gasteiger partial charge on any atom is -1.00 e. The van der Waals surface area contributed by atoms with Gasteiger partial charge in [-0.05, 0) is 36.4 Å². The van der Waals surface area contributed by atoms with Crippen LogP contribution in [-0.2, 0) is 20.0 Å². The first-order chi connectivity index (χ1) is 16.0. The molecular weight excluding hydrogens is 507 g/mol. The number of nitrogens with two attached hydrogens (primary N) is 1. The summed E-state index contributed by atoms with van der Waals surface area (Å²) < 4.78 is 58.4. The molecule has 35 heavy (non-hydrogen) atoms. The summed E-state index contributed by atoms with van der Waals surface area (Å²) in [5.41, 5.74) is -0.568. The number of aliphatic hydroxyl groups excluding tert-OH is 1. The Bertz CT molecular complexity index is 1560. The van der Waals surface area contributed by atoms with Crippen LogP contribution in [0.3, 0.4) is 0 Å². The first kappa shape index (κ1) is 27.2. The first-order valence-electron chi connectivity index (χ1n) is 9.79. The number of rotatable bonds is 6. The van der Waals surface area contributed by atoms with Crippen LogP contribution in [0.25, 0.3) is 0 Å². The van der Waals surface area contributed by atoms with Crippen molar-refractivity contribution >= 4 is 42.9 Å². The zero-order chi connectivity index (χ0) is 24.8. The smallest absolute Gasteiger partial charge is 1.00 e. The third-order valence-corrected chi connectivity index (χ3v) is 7.98. The Morgan fingerprint density at radius 3 is 1.94 bits per heavy atom. The molecule has 4 rings (SSSR count). The number of carbonyl (C=O) groups is 2. The van der Waals surface area contributed by atoms with Gasteiger partial charge in [0.25, 0.3) is 10.1 Å². The van der Waals surface area contributed by atoms with Crippen LogP contribution in [0.5, 0.6) is 0 Å². The van der Waals surface area contributed by atoms with Gasteiger partial charge in [-0.2, -0.15) is 8.42 Å². The second-order valence-electron chi connectivity index (χ2n) is 7.42. The fourth-order valence-corrected chi connectivity index (χ4v) is 5.49. The van der Waals surface area contributed by atoms with Crippen molar-refractivity contribution in [2.24, 2.45) is 5.84 Å². The maximum atomic E-state index is 13.3. The molecule has 0 spiro atoms. The van der Waals surface area contributed by atoms with Crippen molar-refractivity contribution in [3.05, 3.63) is 82.9 Å². The molecule has 178 valence electrons. The molecule has 10 nitrogen and oxygen atoms in total. The fourth-order valence-electron chi connectivity index (χ4n) is 3.78. The molecule has 0 atom stereocenters. The number of sulfone groups is 1. The summed E-state index contributed by atoms with van der Waals surface area (Å²) in [4.78, 5) is 25.6. The molecule has 3 aromatic carbocycles. The fraction of sp³-hybridized carbons (Fsp3) is 0.0909. The van der Waals surface area contributed by atoms with Crippen molar-refractivity contribution in [2.45, 2.75) is 9.79 Å². The molecule has 0 aliphatic heterocycles. The number of benzene rings is 3. The zero-order valence-electron chi connectivity index (χ0n) is 19.4. The molecule has 0 amide bonds. The number of hydrogen-bond acceptors (Lipinski definition) is 9. The summed E-state index contributed by atoms with van der Waals surface area (Å²) in [5.74, 6) is 4.51. The molecule has 0 radical (unpaired) electrons. The van der Waals surface area contributed by atoms with Gasteiger partial charge in [0, 0.05) is 16.7 Å². The molecule has 0 aromatic heterocycles. The predicted molar refractivity (Wildman–Crippen MR) is 123 cm³/mol. The number of nitrogens with zero attached hydrogens (tertiary/aromatic N) is 1. The number of anilines is 2. The number of hydrazine groups is 1. The number of ketones is 2. The van der Waals surface area contributed by atoms with E-state index in [1.54, 1.807) is 12.1 Å². The average Bonchev–Trinajstić information content (AvgIpc) is 2.80. The van der Waals surface area contributed by atoms with Gasteiger partial charge in [-0.3, -0.25) is 19.2 Å². The number of carbonyl (C=O) groups excluding carboxylic acids is 2. The topological polar surface area (TPSA) is 172 Å². The molecule has 0 unspecified atom stereocenters. The third kappa shape index (κ3) is 4.84. The predicted octanol–water partition coefficient (Wildman–Crippen LogP) is -1.40. The molecular formula is C22H19N2NaO8S2. The van der Waals surface area contributed by atoms with E-state index in [4.69, 9.17) is 10.9 Å². The molecule has 0 saturated heterocycles. The van der Waals surface area contributed by atoms with E-state index in [0.717, 1.165) is 17.1 Å². The largest absolute Gasteiger partial charge is 1.00 e. The molecule has 0 bridgehead atoms. The Morgan fingerprint density at radius 2 is 1.40 bits per heavy atom. The van der Waals surface area contributed by atoms with Crippen LogP contribution < -0.4 is 40.4 Å². The summed E-state index contributed by atoms with van der Waals surface area (Å²) >= 11 is 0. The van der Waals surface area contributed by atoms with E-state index < -0.39 is 54.5 Å². The van der Waals surface area contributed by atoms with Crippen molar-refractivity contribution in [2.75, 3.05) is 17.4 Å². The number of hydrogen-bond donors (Lipinski definition) is 3. The van der Waals surface area contributed by atoms with Crippen molar-refractivity contribution in [1.82, 2.24) is 0 Å². The molecule has 0 heterocycles. The van der Waals surface area contributed by atoms with Crippen LogP contribution >= 0.6 is 0 Å². The number of fused-ring (bicyclic) bond motifs is 2. The minimum absolute atomic E-state index is 0. The summed E-state index contributed by atoms with van der Waals surface area (Å²) in [5, 5.41) is 9.74. The molecule has 0 fully saturated rings. The van der Waals surface area contributed by atoms with Gasteiger partial charge in [0.2, 0.25) is 0 Å². The van der Waals surface area contributed by atoms with E-state index in [1.807, 2.05) is 0 Å². The molecule has 3 aromatic rings. The minimum atomic E-state index is -4.89. The summed E-state index contributed by atoms with van der Waals surface area (Å²) in [6.45, 7) is -0.571. The normalized spacial score (nSPS) is 13.0. The van der Waals surface area contributed by atoms with Gasteiger partial charge in [0.1, 0.15) is 4.90 Å². The van der Waals surface area contributed by atoms with Gasteiger partial charge in [0.05, 0.1) is 34.2 Å².